The van der Waals surface area contributed by atoms with Crippen LogP contribution in [0, 0.1) is 20.8 Å². The lowest BCUT2D eigenvalue weighted by atomic mass is 10.1. The zero-order valence-corrected chi connectivity index (χ0v) is 17.8. The number of aryl methyl sites for hydroxylation is 3. The van der Waals surface area contributed by atoms with Gasteiger partial charge in [0.1, 0.15) is 6.04 Å². The Morgan fingerprint density at radius 2 is 1.70 bits per heavy atom. The highest BCUT2D eigenvalue weighted by Crippen LogP contribution is 2.29. The molecule has 27 heavy (non-hydrogen) atoms. The molecule has 0 spiro atoms. The molecule has 0 saturated carbocycles. The summed E-state index contributed by atoms with van der Waals surface area (Å²) in [7, 11) is -3.71. The second-order valence-electron chi connectivity index (χ2n) is 6.70. The second kappa shape index (κ2) is 8.31. The van der Waals surface area contributed by atoms with E-state index in [2.05, 4.69) is 5.32 Å². The molecule has 0 bridgehead atoms. The van der Waals surface area contributed by atoms with Crippen molar-refractivity contribution in [2.45, 2.75) is 40.2 Å². The van der Waals surface area contributed by atoms with Gasteiger partial charge in [-0.25, -0.2) is 8.42 Å². The number of hydrogen-bond donors (Lipinski definition) is 1. The van der Waals surface area contributed by atoms with Crippen LogP contribution in [0.1, 0.15) is 30.0 Å². The Morgan fingerprint density at radius 1 is 1.07 bits per heavy atom. The quantitative estimate of drug-likeness (QED) is 0.767. The van der Waals surface area contributed by atoms with Crippen molar-refractivity contribution in [1.82, 2.24) is 0 Å². The molecule has 0 aliphatic heterocycles. The molecule has 1 N–H and O–H groups in total. The van der Waals surface area contributed by atoms with Crippen molar-refractivity contribution in [1.29, 1.82) is 0 Å². The summed E-state index contributed by atoms with van der Waals surface area (Å²) >= 11 is 6.08. The van der Waals surface area contributed by atoms with Gasteiger partial charge in [-0.05, 0) is 68.1 Å². The van der Waals surface area contributed by atoms with Crippen molar-refractivity contribution in [3.8, 4) is 0 Å². The molecule has 0 aliphatic rings. The molecule has 5 nitrogen and oxygen atoms in total. The van der Waals surface area contributed by atoms with Crippen LogP contribution in [0.15, 0.2) is 36.4 Å². The van der Waals surface area contributed by atoms with E-state index in [4.69, 9.17) is 11.6 Å². The predicted octanol–water partition coefficient (Wildman–Crippen LogP) is 4.45. The molecule has 0 aliphatic carbocycles. The summed E-state index contributed by atoms with van der Waals surface area (Å²) in [6, 6.07) is 9.71. The Morgan fingerprint density at radius 3 is 2.26 bits per heavy atom. The highest BCUT2D eigenvalue weighted by molar-refractivity contribution is 7.92. The molecule has 2 aromatic carbocycles. The number of sulfonamides is 1. The van der Waals surface area contributed by atoms with Crippen LogP contribution < -0.4 is 9.62 Å². The van der Waals surface area contributed by atoms with Gasteiger partial charge in [-0.1, -0.05) is 30.7 Å². The van der Waals surface area contributed by atoms with Gasteiger partial charge in [0.15, 0.2) is 0 Å². The highest BCUT2D eigenvalue weighted by Gasteiger charge is 2.32. The normalized spacial score (nSPS) is 12.5. The van der Waals surface area contributed by atoms with E-state index in [-0.39, 0.29) is 5.91 Å². The van der Waals surface area contributed by atoms with Gasteiger partial charge in [0.05, 0.1) is 11.9 Å². The second-order valence-corrected chi connectivity index (χ2v) is 9.00. The van der Waals surface area contributed by atoms with Crippen molar-refractivity contribution in [2.75, 3.05) is 15.9 Å². The lowest BCUT2D eigenvalue weighted by molar-refractivity contribution is -0.117. The summed E-state index contributed by atoms with van der Waals surface area (Å²) in [5.74, 6) is -0.384. The zero-order chi connectivity index (χ0) is 20.4. The number of anilines is 2. The van der Waals surface area contributed by atoms with E-state index in [1.165, 1.54) is 0 Å². The first-order chi connectivity index (χ1) is 12.5. The first-order valence-corrected chi connectivity index (χ1v) is 10.9. The van der Waals surface area contributed by atoms with Crippen LogP contribution in [-0.4, -0.2) is 26.6 Å². The minimum absolute atomic E-state index is 0.315. The first-order valence-electron chi connectivity index (χ1n) is 8.68. The van der Waals surface area contributed by atoms with Crippen LogP contribution in [-0.2, 0) is 14.8 Å². The van der Waals surface area contributed by atoms with E-state index in [0.717, 1.165) is 27.3 Å². The van der Waals surface area contributed by atoms with Gasteiger partial charge in [-0.15, -0.1) is 0 Å². The van der Waals surface area contributed by atoms with E-state index in [0.29, 0.717) is 22.8 Å². The molecule has 0 unspecified atom stereocenters. The van der Waals surface area contributed by atoms with E-state index in [1.54, 1.807) is 32.0 Å². The Kier molecular flexibility index (Phi) is 6.54. The minimum Gasteiger partial charge on any atom is -0.324 e. The Balaban J connectivity index is 2.44. The zero-order valence-electron chi connectivity index (χ0n) is 16.2. The van der Waals surface area contributed by atoms with Crippen LogP contribution in [0.4, 0.5) is 11.4 Å². The molecule has 1 atom stereocenters. The maximum atomic E-state index is 12.9. The molecule has 2 aromatic rings. The standard InChI is InChI=1S/C20H25ClN2O3S/c1-6-18(20(24)22-17-10-8-13(2)15(4)11-17)23(27(5,25)26)19-12-16(21)9-7-14(19)3/h7-12,18H,6H2,1-5H3,(H,22,24)/t18-/m1/s1. The number of benzene rings is 2. The van der Waals surface area contributed by atoms with E-state index in [9.17, 15) is 13.2 Å². The molecule has 0 aromatic heterocycles. The maximum absolute atomic E-state index is 12.9. The average Bonchev–Trinajstić information content (AvgIpc) is 2.57. The third-order valence-corrected chi connectivity index (χ3v) is 5.91. The number of amides is 1. The van der Waals surface area contributed by atoms with Crippen molar-refractivity contribution in [3.05, 3.63) is 58.1 Å². The third-order valence-electron chi connectivity index (χ3n) is 4.51. The molecule has 0 fully saturated rings. The fourth-order valence-electron chi connectivity index (χ4n) is 2.90. The van der Waals surface area contributed by atoms with Crippen molar-refractivity contribution in [3.63, 3.8) is 0 Å². The topological polar surface area (TPSA) is 66.5 Å². The predicted molar refractivity (Wildman–Crippen MR) is 112 cm³/mol. The van der Waals surface area contributed by atoms with Crippen molar-refractivity contribution in [2.24, 2.45) is 0 Å². The summed E-state index contributed by atoms with van der Waals surface area (Å²) in [4.78, 5) is 12.9. The smallest absolute Gasteiger partial charge is 0.248 e. The average molecular weight is 409 g/mol. The Bertz CT molecular complexity index is 958. The van der Waals surface area contributed by atoms with E-state index in [1.807, 2.05) is 32.0 Å². The van der Waals surface area contributed by atoms with Crippen LogP contribution in [0.5, 0.6) is 0 Å². The van der Waals surface area contributed by atoms with Gasteiger partial charge in [-0.3, -0.25) is 9.10 Å². The molecule has 2 rings (SSSR count). The molecule has 7 heteroatoms. The van der Waals surface area contributed by atoms with Crippen LogP contribution in [0.3, 0.4) is 0 Å². The summed E-state index contributed by atoms with van der Waals surface area (Å²) in [6.07, 6.45) is 1.41. The fraction of sp³-hybridized carbons (Fsp3) is 0.350. The fourth-order valence-corrected chi connectivity index (χ4v) is 4.33. The number of rotatable bonds is 6. The van der Waals surface area contributed by atoms with E-state index < -0.39 is 16.1 Å². The third kappa shape index (κ3) is 5.02. The largest absolute Gasteiger partial charge is 0.324 e. The number of nitrogens with zero attached hydrogens (tertiary/aromatic N) is 1. The highest BCUT2D eigenvalue weighted by atomic mass is 35.5. The van der Waals surface area contributed by atoms with Gasteiger partial charge < -0.3 is 5.32 Å². The van der Waals surface area contributed by atoms with Gasteiger partial charge in [0.2, 0.25) is 15.9 Å². The summed E-state index contributed by atoms with van der Waals surface area (Å²) < 4.78 is 26.3. The monoisotopic (exact) mass is 408 g/mol. The summed E-state index contributed by atoms with van der Waals surface area (Å²) in [5.41, 5.74) is 3.94. The Labute approximate surface area is 166 Å². The summed E-state index contributed by atoms with van der Waals surface area (Å²) in [6.45, 7) is 7.52. The number of hydrogen-bond acceptors (Lipinski definition) is 3. The molecule has 0 radical (unpaired) electrons. The van der Waals surface area contributed by atoms with Crippen LogP contribution in [0.25, 0.3) is 0 Å². The first kappa shape index (κ1) is 21.3. The van der Waals surface area contributed by atoms with Crippen molar-refractivity contribution < 1.29 is 13.2 Å². The maximum Gasteiger partial charge on any atom is 0.248 e. The molecular formula is C20H25ClN2O3S. The van der Waals surface area contributed by atoms with E-state index >= 15 is 0 Å². The minimum atomic E-state index is -3.71. The van der Waals surface area contributed by atoms with Gasteiger partial charge in [0, 0.05) is 10.7 Å². The number of nitrogens with one attached hydrogen (secondary N) is 1. The molecule has 0 heterocycles. The summed E-state index contributed by atoms with van der Waals surface area (Å²) in [5, 5.41) is 3.25. The van der Waals surface area contributed by atoms with Crippen LogP contribution >= 0.6 is 11.6 Å². The SMILES string of the molecule is CC[C@H](C(=O)Nc1ccc(C)c(C)c1)N(c1cc(Cl)ccc1C)S(C)(=O)=O. The molecule has 1 amide bonds. The molecule has 146 valence electrons. The van der Waals surface area contributed by atoms with Gasteiger partial charge >= 0.3 is 0 Å². The molecular weight excluding hydrogens is 384 g/mol. The lowest BCUT2D eigenvalue weighted by Gasteiger charge is -2.31. The Hall–Kier alpha value is -2.05. The van der Waals surface area contributed by atoms with Gasteiger partial charge in [-0.2, -0.15) is 0 Å². The number of halogens is 1. The molecule has 0 saturated heterocycles. The van der Waals surface area contributed by atoms with Gasteiger partial charge in [0.25, 0.3) is 0 Å². The number of carbonyl (C=O) groups excluding carboxylic acids is 1. The number of carbonyl (C=O) groups is 1. The van der Waals surface area contributed by atoms with Crippen LogP contribution in [0.2, 0.25) is 5.02 Å². The lowest BCUT2D eigenvalue weighted by Crippen LogP contribution is -2.47. The van der Waals surface area contributed by atoms with Crippen molar-refractivity contribution >= 4 is 38.9 Å².